The number of amides is 1. The van der Waals surface area contributed by atoms with Crippen LogP contribution in [0.2, 0.25) is 0 Å². The van der Waals surface area contributed by atoms with Crippen LogP contribution < -0.4 is 10.9 Å². The number of carbonyl (C=O) groups excluding carboxylic acids is 1. The van der Waals surface area contributed by atoms with E-state index in [1.54, 1.807) is 38.5 Å². The minimum atomic E-state index is -0.213. The first-order chi connectivity index (χ1) is 11.0. The summed E-state index contributed by atoms with van der Waals surface area (Å²) in [7, 11) is 3.44. The van der Waals surface area contributed by atoms with Gasteiger partial charge < -0.3 is 15.2 Å². The van der Waals surface area contributed by atoms with E-state index in [0.717, 1.165) is 11.3 Å². The first-order valence-corrected chi connectivity index (χ1v) is 7.12. The topological polar surface area (TPSA) is 93.9 Å². The van der Waals surface area contributed by atoms with Gasteiger partial charge in [-0.2, -0.15) is 5.10 Å². The lowest BCUT2D eigenvalue weighted by molar-refractivity contribution is 0.0827. The van der Waals surface area contributed by atoms with Crippen molar-refractivity contribution in [3.8, 4) is 0 Å². The fourth-order valence-electron chi connectivity index (χ4n) is 2.43. The summed E-state index contributed by atoms with van der Waals surface area (Å²) >= 11 is 0. The van der Waals surface area contributed by atoms with Crippen molar-refractivity contribution in [3.63, 3.8) is 0 Å². The quantitative estimate of drug-likeness (QED) is 0.689. The van der Waals surface area contributed by atoms with Crippen LogP contribution in [-0.4, -0.2) is 40.1 Å². The maximum atomic E-state index is 12.1. The molecule has 0 unspecified atom stereocenters. The zero-order valence-electron chi connectivity index (χ0n) is 13.1. The zero-order chi connectivity index (χ0) is 16.6. The number of H-pyrrole nitrogens is 2. The van der Waals surface area contributed by atoms with Crippen molar-refractivity contribution in [1.82, 2.24) is 20.1 Å². The second-order valence-corrected chi connectivity index (χ2v) is 5.52. The fourth-order valence-corrected chi connectivity index (χ4v) is 2.43. The van der Waals surface area contributed by atoms with Gasteiger partial charge in [-0.1, -0.05) is 0 Å². The number of pyridine rings is 1. The van der Waals surface area contributed by atoms with Crippen LogP contribution in [0.5, 0.6) is 0 Å². The number of nitrogens with zero attached hydrogens (tertiary/aromatic N) is 2. The van der Waals surface area contributed by atoms with E-state index in [1.807, 2.05) is 13.0 Å². The molecule has 2 heterocycles. The Labute approximate surface area is 132 Å². The average molecular weight is 311 g/mol. The van der Waals surface area contributed by atoms with Crippen molar-refractivity contribution in [2.45, 2.75) is 6.92 Å². The molecule has 23 heavy (non-hydrogen) atoms. The zero-order valence-corrected chi connectivity index (χ0v) is 13.1. The van der Waals surface area contributed by atoms with Crippen LogP contribution in [0.3, 0.4) is 0 Å². The summed E-state index contributed by atoms with van der Waals surface area (Å²) in [6.07, 6.45) is 1.57. The van der Waals surface area contributed by atoms with Crippen LogP contribution in [0, 0.1) is 6.92 Å². The van der Waals surface area contributed by atoms with E-state index in [0.29, 0.717) is 22.3 Å². The van der Waals surface area contributed by atoms with Crippen LogP contribution >= 0.6 is 0 Å². The van der Waals surface area contributed by atoms with Crippen molar-refractivity contribution < 1.29 is 4.79 Å². The predicted molar refractivity (Wildman–Crippen MR) is 89.2 cm³/mol. The third-order valence-corrected chi connectivity index (χ3v) is 3.61. The summed E-state index contributed by atoms with van der Waals surface area (Å²) in [5.74, 6) is 0.406. The smallest absolute Gasteiger partial charge is 0.261 e. The molecule has 7 nitrogen and oxygen atoms in total. The van der Waals surface area contributed by atoms with Gasteiger partial charge in [-0.3, -0.25) is 14.7 Å². The number of rotatable bonds is 3. The van der Waals surface area contributed by atoms with Crippen LogP contribution in [0.25, 0.3) is 10.9 Å². The van der Waals surface area contributed by atoms with Gasteiger partial charge in [-0.25, -0.2) is 0 Å². The Morgan fingerprint density at radius 2 is 2.04 bits per heavy atom. The van der Waals surface area contributed by atoms with Crippen molar-refractivity contribution in [3.05, 3.63) is 51.9 Å². The molecule has 3 aromatic rings. The standard InChI is InChI=1S/C16H17N5O2/c1-9-8-10(4-5-11(9)16(23)21(2)3)18-14-13-12(19-20-14)6-7-17-15(13)22/h4-8H,1-3H3,(H,17,22)(H2,18,19,20). The highest BCUT2D eigenvalue weighted by molar-refractivity contribution is 5.96. The summed E-state index contributed by atoms with van der Waals surface area (Å²) in [4.78, 5) is 28.2. The molecule has 0 fully saturated rings. The Balaban J connectivity index is 1.96. The molecule has 3 N–H and O–H groups in total. The monoisotopic (exact) mass is 311 g/mol. The molecule has 7 heteroatoms. The van der Waals surface area contributed by atoms with Gasteiger partial charge in [0, 0.05) is 31.5 Å². The highest BCUT2D eigenvalue weighted by Gasteiger charge is 2.13. The SMILES string of the molecule is Cc1cc(Nc2n[nH]c3cc[nH]c(=O)c23)ccc1C(=O)N(C)C. The lowest BCUT2D eigenvalue weighted by Crippen LogP contribution is -2.22. The molecule has 118 valence electrons. The number of nitrogens with one attached hydrogen (secondary N) is 3. The minimum Gasteiger partial charge on any atom is -0.345 e. The number of fused-ring (bicyclic) bond motifs is 1. The number of benzene rings is 1. The van der Waals surface area contributed by atoms with Gasteiger partial charge in [0.1, 0.15) is 5.39 Å². The van der Waals surface area contributed by atoms with Gasteiger partial charge in [0.2, 0.25) is 0 Å². The van der Waals surface area contributed by atoms with Crippen LogP contribution in [0.1, 0.15) is 15.9 Å². The second-order valence-electron chi connectivity index (χ2n) is 5.52. The Morgan fingerprint density at radius 1 is 1.26 bits per heavy atom. The fraction of sp³-hybridized carbons (Fsp3) is 0.188. The number of hydrogen-bond acceptors (Lipinski definition) is 4. The molecule has 0 aliphatic heterocycles. The molecule has 0 radical (unpaired) electrons. The van der Waals surface area contributed by atoms with Gasteiger partial charge in [-0.15, -0.1) is 0 Å². The third kappa shape index (κ3) is 2.68. The Kier molecular flexibility index (Phi) is 3.61. The van der Waals surface area contributed by atoms with Crippen molar-refractivity contribution >= 4 is 28.3 Å². The molecule has 0 aliphatic carbocycles. The molecular formula is C16H17N5O2. The molecule has 3 rings (SSSR count). The lowest BCUT2D eigenvalue weighted by atomic mass is 10.1. The number of aromatic nitrogens is 3. The molecule has 0 spiro atoms. The number of hydrogen-bond donors (Lipinski definition) is 3. The molecule has 2 aromatic heterocycles. The first kappa shape index (κ1) is 14.8. The minimum absolute atomic E-state index is 0.0456. The largest absolute Gasteiger partial charge is 0.345 e. The normalized spacial score (nSPS) is 10.7. The summed E-state index contributed by atoms with van der Waals surface area (Å²) in [5.41, 5.74) is 2.70. The predicted octanol–water partition coefficient (Wildman–Crippen LogP) is 2.01. The van der Waals surface area contributed by atoms with Gasteiger partial charge in [0.05, 0.1) is 5.52 Å². The van der Waals surface area contributed by atoms with Crippen LogP contribution in [-0.2, 0) is 0 Å². The molecule has 0 saturated carbocycles. The van der Waals surface area contributed by atoms with E-state index in [4.69, 9.17) is 0 Å². The van der Waals surface area contributed by atoms with Gasteiger partial charge in [0.15, 0.2) is 5.82 Å². The van der Waals surface area contributed by atoms with Gasteiger partial charge in [0.25, 0.3) is 11.5 Å². The van der Waals surface area contributed by atoms with Crippen LogP contribution in [0.4, 0.5) is 11.5 Å². The summed E-state index contributed by atoms with van der Waals surface area (Å²) in [6.45, 7) is 1.87. The Morgan fingerprint density at radius 3 is 2.74 bits per heavy atom. The molecule has 1 aromatic carbocycles. The van der Waals surface area contributed by atoms with Gasteiger partial charge in [-0.05, 0) is 36.8 Å². The lowest BCUT2D eigenvalue weighted by Gasteiger charge is -2.13. The third-order valence-electron chi connectivity index (χ3n) is 3.61. The van der Waals surface area contributed by atoms with Crippen molar-refractivity contribution in [2.24, 2.45) is 0 Å². The van der Waals surface area contributed by atoms with E-state index in [2.05, 4.69) is 20.5 Å². The molecular weight excluding hydrogens is 294 g/mol. The molecule has 0 bridgehead atoms. The molecule has 0 saturated heterocycles. The van der Waals surface area contributed by atoms with E-state index < -0.39 is 0 Å². The van der Waals surface area contributed by atoms with E-state index >= 15 is 0 Å². The number of carbonyl (C=O) groups is 1. The second kappa shape index (κ2) is 5.60. The Bertz CT molecular complexity index is 939. The van der Waals surface area contributed by atoms with E-state index in [9.17, 15) is 9.59 Å². The summed E-state index contributed by atoms with van der Waals surface area (Å²) < 4.78 is 0. The summed E-state index contributed by atoms with van der Waals surface area (Å²) in [6, 6.07) is 7.16. The van der Waals surface area contributed by atoms with E-state index in [-0.39, 0.29) is 11.5 Å². The number of aryl methyl sites for hydroxylation is 1. The average Bonchev–Trinajstić information content (AvgIpc) is 2.91. The van der Waals surface area contributed by atoms with Crippen molar-refractivity contribution in [2.75, 3.05) is 19.4 Å². The van der Waals surface area contributed by atoms with E-state index in [1.165, 1.54) is 4.90 Å². The summed E-state index contributed by atoms with van der Waals surface area (Å²) in [5, 5.41) is 10.5. The van der Waals surface area contributed by atoms with Crippen molar-refractivity contribution in [1.29, 1.82) is 0 Å². The Hall–Kier alpha value is -3.09. The number of aromatic amines is 2. The molecule has 0 atom stereocenters. The molecule has 1 amide bonds. The number of anilines is 2. The maximum Gasteiger partial charge on any atom is 0.261 e. The first-order valence-electron chi connectivity index (χ1n) is 7.12. The van der Waals surface area contributed by atoms with Crippen LogP contribution in [0.15, 0.2) is 35.3 Å². The van der Waals surface area contributed by atoms with Gasteiger partial charge >= 0.3 is 0 Å². The highest BCUT2D eigenvalue weighted by Crippen LogP contribution is 2.23. The maximum absolute atomic E-state index is 12.1. The molecule has 0 aliphatic rings. The highest BCUT2D eigenvalue weighted by atomic mass is 16.2.